The van der Waals surface area contributed by atoms with Gasteiger partial charge in [0.15, 0.2) is 5.79 Å². The Balaban J connectivity index is 2.28. The Kier molecular flexibility index (Phi) is 3.93. The maximum atomic E-state index is 11.5. The van der Waals surface area contributed by atoms with Crippen LogP contribution in [0.4, 0.5) is 0 Å². The van der Waals surface area contributed by atoms with Gasteiger partial charge in [0.25, 0.3) is 0 Å². The lowest BCUT2D eigenvalue weighted by molar-refractivity contribution is -0.221. The Hall–Kier alpha value is -1.46. The van der Waals surface area contributed by atoms with Crippen LogP contribution in [0, 0.1) is 0 Å². The Morgan fingerprint density at radius 1 is 1.33 bits per heavy atom. The number of ether oxygens (including phenoxy) is 3. The lowest BCUT2D eigenvalue weighted by Crippen LogP contribution is -2.29. The third-order valence-electron chi connectivity index (χ3n) is 2.98. The molecule has 0 atom stereocenters. The molecule has 0 amide bonds. The van der Waals surface area contributed by atoms with Crippen LogP contribution in [0.2, 0.25) is 0 Å². The highest BCUT2D eigenvalue weighted by molar-refractivity contribution is 5.89. The predicted octanol–water partition coefficient (Wildman–Crippen LogP) is 1.87. The molecule has 1 aliphatic heterocycles. The molecule has 2 rings (SSSR count). The third-order valence-corrected chi connectivity index (χ3v) is 2.98. The molecule has 5 heteroatoms. The largest absolute Gasteiger partial charge is 0.465 e. The zero-order valence-electron chi connectivity index (χ0n) is 10.6. The zero-order valence-corrected chi connectivity index (χ0v) is 10.6. The van der Waals surface area contributed by atoms with E-state index in [4.69, 9.17) is 9.47 Å². The van der Waals surface area contributed by atoms with Gasteiger partial charge in [0.2, 0.25) is 0 Å². The normalized spacial score (nSPS) is 19.0. The van der Waals surface area contributed by atoms with Gasteiger partial charge in [0.1, 0.15) is 0 Å². The number of hydrogen-bond acceptors (Lipinski definition) is 5. The van der Waals surface area contributed by atoms with E-state index in [1.165, 1.54) is 13.3 Å². The van der Waals surface area contributed by atoms with Gasteiger partial charge in [-0.2, -0.15) is 0 Å². The number of carbonyl (C=O) groups excluding carboxylic acids is 1. The van der Waals surface area contributed by atoms with Gasteiger partial charge in [-0.25, -0.2) is 4.79 Å². The number of aromatic nitrogens is 1. The van der Waals surface area contributed by atoms with Crippen LogP contribution in [-0.2, 0) is 20.0 Å². The number of methoxy groups -OCH3 is 1. The Morgan fingerprint density at radius 2 is 2.00 bits per heavy atom. The van der Waals surface area contributed by atoms with Crippen LogP contribution in [-0.4, -0.2) is 31.3 Å². The van der Waals surface area contributed by atoms with Crippen molar-refractivity contribution in [1.29, 1.82) is 0 Å². The Bertz CT molecular complexity index is 425. The summed E-state index contributed by atoms with van der Waals surface area (Å²) in [5.74, 6) is -1.25. The lowest BCUT2D eigenvalue weighted by Gasteiger charge is -2.28. The second-order valence-electron chi connectivity index (χ2n) is 4.30. The number of pyridine rings is 1. The highest BCUT2D eigenvalue weighted by Crippen LogP contribution is 2.29. The number of hydrogen-bond donors (Lipinski definition) is 0. The smallest absolute Gasteiger partial charge is 0.339 e. The van der Waals surface area contributed by atoms with E-state index < -0.39 is 11.8 Å². The molecular formula is C13H17NO4. The summed E-state index contributed by atoms with van der Waals surface area (Å²) in [7, 11) is 1.34. The molecule has 0 radical (unpaired) electrons. The van der Waals surface area contributed by atoms with Crippen LogP contribution in [0.1, 0.15) is 35.7 Å². The molecule has 0 aliphatic carbocycles. The van der Waals surface area contributed by atoms with Crippen molar-refractivity contribution >= 4 is 5.97 Å². The molecule has 1 fully saturated rings. The van der Waals surface area contributed by atoms with E-state index in [1.54, 1.807) is 12.3 Å². The first kappa shape index (κ1) is 13.0. The molecule has 1 aromatic heterocycles. The van der Waals surface area contributed by atoms with Gasteiger partial charge in [-0.15, -0.1) is 0 Å². The lowest BCUT2D eigenvalue weighted by atomic mass is 10.1. The van der Waals surface area contributed by atoms with Crippen molar-refractivity contribution in [1.82, 2.24) is 4.98 Å². The van der Waals surface area contributed by atoms with Crippen molar-refractivity contribution in [3.05, 3.63) is 29.6 Å². The second-order valence-corrected chi connectivity index (χ2v) is 4.30. The van der Waals surface area contributed by atoms with Gasteiger partial charge < -0.3 is 14.2 Å². The first-order valence-corrected chi connectivity index (χ1v) is 5.97. The van der Waals surface area contributed by atoms with Gasteiger partial charge in [-0.3, -0.25) is 4.98 Å². The van der Waals surface area contributed by atoms with E-state index in [9.17, 15) is 4.79 Å². The molecule has 5 nitrogen and oxygen atoms in total. The third kappa shape index (κ3) is 2.68. The topological polar surface area (TPSA) is 57.7 Å². The van der Waals surface area contributed by atoms with Crippen molar-refractivity contribution in [2.24, 2.45) is 0 Å². The van der Waals surface area contributed by atoms with Crippen LogP contribution in [0.25, 0.3) is 0 Å². The van der Waals surface area contributed by atoms with E-state index >= 15 is 0 Å². The molecule has 0 unspecified atom stereocenters. The Morgan fingerprint density at radius 3 is 2.61 bits per heavy atom. The van der Waals surface area contributed by atoms with Crippen molar-refractivity contribution in [3.8, 4) is 0 Å². The highest BCUT2D eigenvalue weighted by atomic mass is 16.7. The van der Waals surface area contributed by atoms with E-state index in [-0.39, 0.29) is 0 Å². The van der Waals surface area contributed by atoms with Gasteiger partial charge >= 0.3 is 5.97 Å². The summed E-state index contributed by atoms with van der Waals surface area (Å²) in [5, 5.41) is 0. The standard InChI is InChI=1S/C13H17NO4/c1-13(17-5-3-4-6-18-13)11-7-10(8-14-9-11)12(15)16-2/h7-9H,3-6H2,1-2H3. The van der Waals surface area contributed by atoms with Crippen LogP contribution < -0.4 is 0 Å². The first-order valence-electron chi connectivity index (χ1n) is 5.97. The van der Waals surface area contributed by atoms with Crippen LogP contribution in [0.3, 0.4) is 0 Å². The molecule has 0 aromatic carbocycles. The summed E-state index contributed by atoms with van der Waals surface area (Å²) in [5.41, 5.74) is 1.12. The predicted molar refractivity (Wildman–Crippen MR) is 64.1 cm³/mol. The monoisotopic (exact) mass is 251 g/mol. The van der Waals surface area contributed by atoms with Gasteiger partial charge in [-0.05, 0) is 25.8 Å². The molecule has 98 valence electrons. The fourth-order valence-corrected chi connectivity index (χ4v) is 1.86. The fourth-order valence-electron chi connectivity index (χ4n) is 1.86. The van der Waals surface area contributed by atoms with Gasteiger partial charge in [-0.1, -0.05) is 0 Å². The quantitative estimate of drug-likeness (QED) is 0.751. The van der Waals surface area contributed by atoms with Crippen molar-refractivity contribution in [3.63, 3.8) is 0 Å². The summed E-state index contributed by atoms with van der Waals surface area (Å²) in [4.78, 5) is 15.5. The second kappa shape index (κ2) is 5.46. The summed E-state index contributed by atoms with van der Waals surface area (Å²) in [6, 6.07) is 1.70. The molecule has 18 heavy (non-hydrogen) atoms. The van der Waals surface area contributed by atoms with Crippen molar-refractivity contribution < 1.29 is 19.0 Å². The minimum atomic E-state index is -0.840. The number of carbonyl (C=O) groups is 1. The van der Waals surface area contributed by atoms with Crippen LogP contribution in [0.5, 0.6) is 0 Å². The first-order chi connectivity index (χ1) is 8.65. The molecule has 0 N–H and O–H groups in total. The molecule has 0 saturated carbocycles. The van der Waals surface area contributed by atoms with Gasteiger partial charge in [0, 0.05) is 18.0 Å². The summed E-state index contributed by atoms with van der Waals surface area (Å²) < 4.78 is 16.1. The Labute approximate surface area is 106 Å². The molecule has 0 bridgehead atoms. The molecular weight excluding hydrogens is 234 g/mol. The number of nitrogens with zero attached hydrogens (tertiary/aromatic N) is 1. The van der Waals surface area contributed by atoms with E-state index in [0.717, 1.165) is 18.4 Å². The molecule has 0 spiro atoms. The number of esters is 1. The van der Waals surface area contributed by atoms with Crippen molar-refractivity contribution in [2.75, 3.05) is 20.3 Å². The minimum Gasteiger partial charge on any atom is -0.465 e. The SMILES string of the molecule is COC(=O)c1cncc(C2(C)OCCCCO2)c1. The van der Waals surface area contributed by atoms with E-state index in [1.807, 2.05) is 6.92 Å². The van der Waals surface area contributed by atoms with Crippen LogP contribution in [0.15, 0.2) is 18.5 Å². The molecule has 1 saturated heterocycles. The maximum absolute atomic E-state index is 11.5. The average Bonchev–Trinajstić information content (AvgIpc) is 2.64. The van der Waals surface area contributed by atoms with Crippen LogP contribution >= 0.6 is 0 Å². The molecule has 1 aliphatic rings. The maximum Gasteiger partial charge on any atom is 0.339 e. The number of rotatable bonds is 2. The fraction of sp³-hybridized carbons (Fsp3) is 0.538. The summed E-state index contributed by atoms with van der Waals surface area (Å²) in [6.45, 7) is 3.12. The summed E-state index contributed by atoms with van der Waals surface area (Å²) in [6.07, 6.45) is 5.06. The van der Waals surface area contributed by atoms with Crippen molar-refractivity contribution in [2.45, 2.75) is 25.6 Å². The molecule has 2 heterocycles. The average molecular weight is 251 g/mol. The van der Waals surface area contributed by atoms with E-state index in [2.05, 4.69) is 9.72 Å². The minimum absolute atomic E-state index is 0.396. The summed E-state index contributed by atoms with van der Waals surface area (Å²) >= 11 is 0. The van der Waals surface area contributed by atoms with Gasteiger partial charge in [0.05, 0.1) is 25.9 Å². The molecule has 1 aromatic rings. The highest BCUT2D eigenvalue weighted by Gasteiger charge is 2.31. The van der Waals surface area contributed by atoms with E-state index in [0.29, 0.717) is 18.8 Å². The zero-order chi connectivity index (χ0) is 13.0.